The number of nitrogens with zero attached hydrogens (tertiary/aromatic N) is 2. The number of hydrogen-bond donors (Lipinski definition) is 0. The molecular formula is C48H30N2. The molecule has 0 radical (unpaired) electrons. The Labute approximate surface area is 289 Å². The highest BCUT2D eigenvalue weighted by Crippen LogP contribution is 2.51. The molecule has 0 saturated heterocycles. The summed E-state index contributed by atoms with van der Waals surface area (Å²) in [7, 11) is 0. The van der Waals surface area contributed by atoms with Crippen LogP contribution in [-0.4, -0.2) is 9.13 Å². The van der Waals surface area contributed by atoms with Gasteiger partial charge in [0.25, 0.3) is 0 Å². The highest BCUT2D eigenvalue weighted by atomic mass is 15.0. The Bertz CT molecular complexity index is 2900. The van der Waals surface area contributed by atoms with Crippen LogP contribution >= 0.6 is 0 Å². The van der Waals surface area contributed by atoms with Gasteiger partial charge in [0.15, 0.2) is 0 Å². The van der Waals surface area contributed by atoms with Gasteiger partial charge >= 0.3 is 0 Å². The van der Waals surface area contributed by atoms with Crippen molar-refractivity contribution in [2.75, 3.05) is 0 Å². The third-order valence-electron chi connectivity index (χ3n) is 10.7. The van der Waals surface area contributed by atoms with Crippen molar-refractivity contribution in [2.45, 2.75) is 0 Å². The number of hydrogen-bond acceptors (Lipinski definition) is 0. The van der Waals surface area contributed by atoms with Crippen LogP contribution in [-0.2, 0) is 0 Å². The Kier molecular flexibility index (Phi) is 5.70. The second-order valence-electron chi connectivity index (χ2n) is 13.3. The molecule has 0 spiro atoms. The van der Waals surface area contributed by atoms with Gasteiger partial charge in [0.2, 0.25) is 0 Å². The Morgan fingerprint density at radius 2 is 0.820 bits per heavy atom. The maximum atomic E-state index is 2.39. The molecule has 8 aromatic carbocycles. The molecule has 2 heterocycles. The van der Waals surface area contributed by atoms with Crippen LogP contribution in [0.5, 0.6) is 0 Å². The first kappa shape index (κ1) is 27.3. The zero-order valence-electron chi connectivity index (χ0n) is 27.2. The topological polar surface area (TPSA) is 9.86 Å². The van der Waals surface area contributed by atoms with Crippen molar-refractivity contribution in [2.24, 2.45) is 0 Å². The largest absolute Gasteiger partial charge is 0.316 e. The average molecular weight is 635 g/mol. The van der Waals surface area contributed by atoms with Crippen LogP contribution in [0.15, 0.2) is 182 Å². The molecular weight excluding hydrogens is 605 g/mol. The molecule has 0 bridgehead atoms. The Balaban J connectivity index is 1.05. The summed E-state index contributed by atoms with van der Waals surface area (Å²) in [6, 6.07) is 64.3. The van der Waals surface area contributed by atoms with Crippen molar-refractivity contribution in [1.82, 2.24) is 9.13 Å². The van der Waals surface area contributed by atoms with Gasteiger partial charge < -0.3 is 9.13 Å². The van der Waals surface area contributed by atoms with E-state index in [9.17, 15) is 0 Å². The summed E-state index contributed by atoms with van der Waals surface area (Å²) in [6.45, 7) is 0. The van der Waals surface area contributed by atoms with Gasteiger partial charge in [0.1, 0.15) is 0 Å². The highest BCUT2D eigenvalue weighted by molar-refractivity contribution is 6.21. The maximum Gasteiger partial charge on any atom is 0.0547 e. The average Bonchev–Trinajstić information content (AvgIpc) is 3.69. The Morgan fingerprint density at radius 1 is 0.340 bits per heavy atom. The van der Waals surface area contributed by atoms with Crippen molar-refractivity contribution in [1.29, 1.82) is 0 Å². The van der Waals surface area contributed by atoms with E-state index in [1.165, 1.54) is 93.7 Å². The van der Waals surface area contributed by atoms with E-state index in [-0.39, 0.29) is 0 Å². The van der Waals surface area contributed by atoms with E-state index in [1.54, 1.807) is 0 Å². The zero-order chi connectivity index (χ0) is 32.8. The minimum Gasteiger partial charge on any atom is -0.316 e. The van der Waals surface area contributed by atoms with Crippen molar-refractivity contribution < 1.29 is 0 Å². The van der Waals surface area contributed by atoms with Crippen LogP contribution in [0.25, 0.3) is 99.4 Å². The molecule has 0 fully saturated rings. The molecule has 10 aromatic rings. The molecule has 11 rings (SSSR count). The lowest BCUT2D eigenvalue weighted by Crippen LogP contribution is -1.94. The van der Waals surface area contributed by atoms with Gasteiger partial charge in [-0.05, 0) is 86.6 Å². The van der Waals surface area contributed by atoms with E-state index >= 15 is 0 Å². The summed E-state index contributed by atoms with van der Waals surface area (Å²) >= 11 is 0. The van der Waals surface area contributed by atoms with Gasteiger partial charge in [0, 0.05) is 44.9 Å². The van der Waals surface area contributed by atoms with Gasteiger partial charge in [-0.25, -0.2) is 0 Å². The summed E-state index contributed by atoms with van der Waals surface area (Å²) in [4.78, 5) is 0. The fraction of sp³-hybridized carbons (Fsp3) is 0. The van der Waals surface area contributed by atoms with E-state index in [1.807, 2.05) is 0 Å². The van der Waals surface area contributed by atoms with Gasteiger partial charge in [-0.3, -0.25) is 0 Å². The molecule has 2 nitrogen and oxygen atoms in total. The Hall–Kier alpha value is -6.64. The number of fused-ring (bicyclic) bond motifs is 10. The highest BCUT2D eigenvalue weighted by Gasteiger charge is 2.25. The van der Waals surface area contributed by atoms with Crippen LogP contribution < -0.4 is 0 Å². The van der Waals surface area contributed by atoms with Crippen LogP contribution in [0.2, 0.25) is 0 Å². The third kappa shape index (κ3) is 3.85. The summed E-state index contributed by atoms with van der Waals surface area (Å²) in [5.41, 5.74) is 16.1. The van der Waals surface area contributed by atoms with E-state index < -0.39 is 0 Å². The second-order valence-corrected chi connectivity index (χ2v) is 13.3. The predicted molar refractivity (Wildman–Crippen MR) is 210 cm³/mol. The zero-order valence-corrected chi connectivity index (χ0v) is 27.2. The quantitative estimate of drug-likeness (QED) is 0.183. The summed E-state index contributed by atoms with van der Waals surface area (Å²) in [6.07, 6.45) is 2.35. The first-order valence-corrected chi connectivity index (χ1v) is 17.3. The van der Waals surface area contributed by atoms with E-state index in [4.69, 9.17) is 0 Å². The Morgan fingerprint density at radius 3 is 1.46 bits per heavy atom. The maximum absolute atomic E-state index is 2.39. The van der Waals surface area contributed by atoms with Gasteiger partial charge in [-0.1, -0.05) is 133 Å². The number of para-hydroxylation sites is 2. The standard InChI is InChI=1S/C48H30N2/c1-2-12-36-33(11-1)29-46-48-43(39-15-4-3-13-37(39)38-14-5-6-18-42(38)47(36)48)30-49(46)34-25-21-31(22-26-34)32-23-27-35(28-24-32)50-44-19-9-7-16-40(44)41-17-8-10-20-45(41)50/h1-30H. The monoisotopic (exact) mass is 634 g/mol. The number of benzene rings is 8. The second kappa shape index (κ2) is 10.4. The minimum atomic E-state index is 1.15. The first-order chi connectivity index (χ1) is 24.8. The first-order valence-electron chi connectivity index (χ1n) is 17.3. The normalized spacial score (nSPS) is 12.0. The van der Waals surface area contributed by atoms with Gasteiger partial charge in [-0.2, -0.15) is 0 Å². The van der Waals surface area contributed by atoms with Crippen LogP contribution in [0.1, 0.15) is 0 Å². The molecule has 0 N–H and O–H groups in total. The molecule has 2 aromatic heterocycles. The van der Waals surface area contributed by atoms with E-state index in [2.05, 4.69) is 191 Å². The van der Waals surface area contributed by atoms with Crippen LogP contribution in [0.4, 0.5) is 0 Å². The number of aromatic nitrogens is 2. The lowest BCUT2D eigenvalue weighted by molar-refractivity contribution is 1.13. The van der Waals surface area contributed by atoms with Gasteiger partial charge in [0.05, 0.1) is 16.6 Å². The molecule has 0 aliphatic heterocycles. The minimum absolute atomic E-state index is 1.15. The van der Waals surface area contributed by atoms with E-state index in [0.29, 0.717) is 0 Å². The fourth-order valence-electron chi connectivity index (χ4n) is 8.46. The molecule has 50 heavy (non-hydrogen) atoms. The smallest absolute Gasteiger partial charge is 0.0547 e. The van der Waals surface area contributed by atoms with Crippen LogP contribution in [0.3, 0.4) is 0 Å². The van der Waals surface area contributed by atoms with Crippen molar-refractivity contribution >= 4 is 43.5 Å². The van der Waals surface area contributed by atoms with Crippen LogP contribution in [0, 0.1) is 0 Å². The van der Waals surface area contributed by atoms with E-state index in [0.717, 1.165) is 5.69 Å². The summed E-state index contributed by atoms with van der Waals surface area (Å²) in [5.74, 6) is 0. The lowest BCUT2D eigenvalue weighted by Gasteiger charge is -2.15. The molecule has 0 amide bonds. The third-order valence-corrected chi connectivity index (χ3v) is 10.7. The molecule has 0 unspecified atom stereocenters. The SMILES string of the molecule is c1ccc2c(c1)-c1ccccc1-c1c3ccccc3cc3c1c-2cn3-c1ccc(-c2ccc(-n3c4ccccc4c4ccccc43)cc2)cc1. The number of rotatable bonds is 3. The predicted octanol–water partition coefficient (Wildman–Crippen LogP) is 12.9. The summed E-state index contributed by atoms with van der Waals surface area (Å²) in [5, 5.41) is 6.41. The molecule has 1 aliphatic rings. The van der Waals surface area contributed by atoms with Crippen molar-refractivity contribution in [3.63, 3.8) is 0 Å². The molecule has 232 valence electrons. The molecule has 2 heteroatoms. The molecule has 1 aliphatic carbocycles. The molecule has 0 atom stereocenters. The fourth-order valence-corrected chi connectivity index (χ4v) is 8.46. The van der Waals surface area contributed by atoms with Gasteiger partial charge in [-0.15, -0.1) is 0 Å². The lowest BCUT2D eigenvalue weighted by atomic mass is 9.91. The van der Waals surface area contributed by atoms with Crippen molar-refractivity contribution in [3.05, 3.63) is 182 Å². The van der Waals surface area contributed by atoms with Crippen molar-refractivity contribution in [3.8, 4) is 55.9 Å². The molecule has 0 saturated carbocycles. The summed E-state index contributed by atoms with van der Waals surface area (Å²) < 4.78 is 4.76.